The number of nitrogens with zero attached hydrogens (tertiary/aromatic N) is 2. The van der Waals surface area contributed by atoms with Gasteiger partial charge in [-0.1, -0.05) is 13.8 Å². The van der Waals surface area contributed by atoms with Crippen LogP contribution in [-0.4, -0.2) is 49.2 Å². The summed E-state index contributed by atoms with van der Waals surface area (Å²) in [7, 11) is -2.02. The first-order valence-electron chi connectivity index (χ1n) is 7.15. The monoisotopic (exact) mass is 318 g/mol. The maximum atomic E-state index is 12.7. The van der Waals surface area contributed by atoms with Crippen LogP contribution in [0.15, 0.2) is 17.2 Å². The molecule has 1 heterocycles. The van der Waals surface area contributed by atoms with Crippen molar-refractivity contribution in [2.24, 2.45) is 5.92 Å². The van der Waals surface area contributed by atoms with Crippen LogP contribution in [0.25, 0.3) is 0 Å². The van der Waals surface area contributed by atoms with E-state index in [1.165, 1.54) is 4.31 Å². The predicted octanol–water partition coefficient (Wildman–Crippen LogP) is 1.29. The lowest BCUT2D eigenvalue weighted by molar-refractivity contribution is 0.175. The Hall–Kier alpha value is -0.890. The highest BCUT2D eigenvalue weighted by molar-refractivity contribution is 7.89. The maximum Gasteiger partial charge on any atom is 0.244 e. The van der Waals surface area contributed by atoms with Gasteiger partial charge in [-0.2, -0.15) is 4.31 Å². The molecule has 0 atom stereocenters. The molecule has 0 bridgehead atoms. The van der Waals surface area contributed by atoms with Crippen LogP contribution in [0, 0.1) is 5.92 Å². The van der Waals surface area contributed by atoms with E-state index in [-0.39, 0.29) is 17.4 Å². The number of methoxy groups -OCH3 is 1. The molecule has 122 valence electrons. The lowest BCUT2D eigenvalue weighted by Crippen LogP contribution is -2.36. The molecule has 0 radical (unpaired) electrons. The van der Waals surface area contributed by atoms with Crippen LogP contribution in [0.4, 0.5) is 0 Å². The summed E-state index contributed by atoms with van der Waals surface area (Å²) < 4.78 is 33.7. The Bertz CT molecular complexity index is 516. The van der Waals surface area contributed by atoms with Crippen LogP contribution in [-0.2, 0) is 27.9 Å². The van der Waals surface area contributed by atoms with Crippen molar-refractivity contribution < 1.29 is 18.3 Å². The standard InChI is InChI=1S/C14H26N2O4S/c1-5-15-10-14(8-13(15)11-17)21(18,19)16(6-7-20-4)9-12(2)3/h8,10,12,17H,5-7,9,11H2,1-4H3. The molecule has 1 aromatic heterocycles. The smallest absolute Gasteiger partial charge is 0.244 e. The van der Waals surface area contributed by atoms with Gasteiger partial charge in [-0.15, -0.1) is 0 Å². The van der Waals surface area contributed by atoms with E-state index in [0.29, 0.717) is 31.9 Å². The number of aliphatic hydroxyl groups is 1. The second kappa shape index (κ2) is 7.93. The van der Waals surface area contributed by atoms with Crippen molar-refractivity contribution in [2.75, 3.05) is 26.8 Å². The summed E-state index contributed by atoms with van der Waals surface area (Å²) in [6.07, 6.45) is 1.58. The van der Waals surface area contributed by atoms with Crippen LogP contribution in [0.1, 0.15) is 26.5 Å². The third-order valence-corrected chi connectivity index (χ3v) is 5.05. The zero-order chi connectivity index (χ0) is 16.0. The van der Waals surface area contributed by atoms with Gasteiger partial charge in [0.25, 0.3) is 0 Å². The zero-order valence-electron chi connectivity index (χ0n) is 13.2. The first-order valence-corrected chi connectivity index (χ1v) is 8.59. The molecule has 1 rings (SSSR count). The van der Waals surface area contributed by atoms with Gasteiger partial charge < -0.3 is 14.4 Å². The predicted molar refractivity (Wildman–Crippen MR) is 81.5 cm³/mol. The fourth-order valence-electron chi connectivity index (χ4n) is 2.15. The largest absolute Gasteiger partial charge is 0.390 e. The second-order valence-corrected chi connectivity index (χ2v) is 7.30. The Balaban J connectivity index is 3.11. The topological polar surface area (TPSA) is 71.8 Å². The minimum absolute atomic E-state index is 0.175. The van der Waals surface area contributed by atoms with Gasteiger partial charge in [-0.3, -0.25) is 0 Å². The Morgan fingerprint density at radius 3 is 2.52 bits per heavy atom. The molecular formula is C14H26N2O4S. The summed E-state index contributed by atoms with van der Waals surface area (Å²) in [5, 5.41) is 9.30. The molecule has 0 aliphatic heterocycles. The van der Waals surface area contributed by atoms with Gasteiger partial charge in [0.15, 0.2) is 0 Å². The summed E-state index contributed by atoms with van der Waals surface area (Å²) >= 11 is 0. The van der Waals surface area contributed by atoms with Crippen molar-refractivity contribution >= 4 is 10.0 Å². The van der Waals surface area contributed by atoms with Crippen molar-refractivity contribution in [2.45, 2.75) is 38.8 Å². The molecule has 7 heteroatoms. The summed E-state index contributed by atoms with van der Waals surface area (Å²) in [6, 6.07) is 1.54. The molecule has 1 N–H and O–H groups in total. The molecule has 0 fully saturated rings. The van der Waals surface area contributed by atoms with Crippen LogP contribution in [0.3, 0.4) is 0 Å². The van der Waals surface area contributed by atoms with Gasteiger partial charge in [0.2, 0.25) is 10.0 Å². The summed E-state index contributed by atoms with van der Waals surface area (Å²) in [5.74, 6) is 0.224. The second-order valence-electron chi connectivity index (χ2n) is 5.36. The fraction of sp³-hybridized carbons (Fsp3) is 0.714. The van der Waals surface area contributed by atoms with Crippen LogP contribution >= 0.6 is 0 Å². The normalized spacial score (nSPS) is 12.5. The molecule has 0 spiro atoms. The van der Waals surface area contributed by atoms with Crippen molar-refractivity contribution in [3.63, 3.8) is 0 Å². The van der Waals surface area contributed by atoms with Crippen molar-refractivity contribution in [1.82, 2.24) is 8.87 Å². The minimum Gasteiger partial charge on any atom is -0.390 e. The van der Waals surface area contributed by atoms with E-state index in [0.717, 1.165) is 0 Å². The van der Waals surface area contributed by atoms with E-state index in [2.05, 4.69) is 0 Å². The van der Waals surface area contributed by atoms with Crippen LogP contribution in [0.2, 0.25) is 0 Å². The highest BCUT2D eigenvalue weighted by atomic mass is 32.2. The van der Waals surface area contributed by atoms with Gasteiger partial charge in [-0.25, -0.2) is 8.42 Å². The molecular weight excluding hydrogens is 292 g/mol. The van der Waals surface area contributed by atoms with Crippen LogP contribution in [0.5, 0.6) is 0 Å². The molecule has 0 aliphatic rings. The molecule has 0 aliphatic carbocycles. The molecule has 0 amide bonds. The summed E-state index contributed by atoms with van der Waals surface area (Å²) in [5.41, 5.74) is 0.604. The van der Waals surface area contributed by atoms with E-state index < -0.39 is 10.0 Å². The number of hydrogen-bond donors (Lipinski definition) is 1. The third kappa shape index (κ3) is 4.54. The molecule has 0 aromatic carbocycles. The SMILES string of the molecule is CCn1cc(S(=O)(=O)N(CCOC)CC(C)C)cc1CO. The van der Waals surface area contributed by atoms with E-state index in [4.69, 9.17) is 4.74 Å². The number of aliphatic hydroxyl groups excluding tert-OH is 1. The molecule has 6 nitrogen and oxygen atoms in total. The number of aryl methyl sites for hydroxylation is 1. The van der Waals surface area contributed by atoms with Gasteiger partial charge in [-0.05, 0) is 18.9 Å². The molecule has 1 aromatic rings. The quantitative estimate of drug-likeness (QED) is 0.745. The lowest BCUT2D eigenvalue weighted by atomic mass is 10.2. The van der Waals surface area contributed by atoms with Crippen LogP contribution < -0.4 is 0 Å². The van der Waals surface area contributed by atoms with E-state index in [1.807, 2.05) is 20.8 Å². The maximum absolute atomic E-state index is 12.7. The Morgan fingerprint density at radius 2 is 2.10 bits per heavy atom. The number of hydrogen-bond acceptors (Lipinski definition) is 4. The average Bonchev–Trinajstić information content (AvgIpc) is 2.86. The van der Waals surface area contributed by atoms with Crippen molar-refractivity contribution in [3.05, 3.63) is 18.0 Å². The average molecular weight is 318 g/mol. The van der Waals surface area contributed by atoms with Crippen molar-refractivity contribution in [1.29, 1.82) is 0 Å². The molecule has 21 heavy (non-hydrogen) atoms. The van der Waals surface area contributed by atoms with Gasteiger partial charge in [0.05, 0.1) is 13.2 Å². The van der Waals surface area contributed by atoms with Gasteiger partial charge in [0, 0.05) is 38.6 Å². The van der Waals surface area contributed by atoms with Crippen molar-refractivity contribution in [3.8, 4) is 0 Å². The number of aromatic nitrogens is 1. The van der Waals surface area contributed by atoms with Gasteiger partial charge >= 0.3 is 0 Å². The third-order valence-electron chi connectivity index (χ3n) is 3.21. The molecule has 0 saturated heterocycles. The minimum atomic E-state index is -3.57. The summed E-state index contributed by atoms with van der Waals surface area (Å²) in [6.45, 7) is 7.43. The van der Waals surface area contributed by atoms with E-state index in [9.17, 15) is 13.5 Å². The molecule has 0 unspecified atom stereocenters. The Labute approximate surface area is 127 Å². The lowest BCUT2D eigenvalue weighted by Gasteiger charge is -2.23. The summed E-state index contributed by atoms with van der Waals surface area (Å²) in [4.78, 5) is 0.227. The molecule has 0 saturated carbocycles. The fourth-order valence-corrected chi connectivity index (χ4v) is 3.80. The number of sulfonamides is 1. The highest BCUT2D eigenvalue weighted by Crippen LogP contribution is 2.20. The van der Waals surface area contributed by atoms with Gasteiger partial charge in [0.1, 0.15) is 4.90 Å². The first kappa shape index (κ1) is 18.2. The first-order chi connectivity index (χ1) is 9.86. The Morgan fingerprint density at radius 1 is 1.43 bits per heavy atom. The van der Waals surface area contributed by atoms with E-state index in [1.54, 1.807) is 23.9 Å². The Kier molecular flexibility index (Phi) is 6.86. The number of ether oxygens (including phenoxy) is 1. The zero-order valence-corrected chi connectivity index (χ0v) is 14.1. The number of rotatable bonds is 9. The van der Waals surface area contributed by atoms with E-state index >= 15 is 0 Å². The highest BCUT2D eigenvalue weighted by Gasteiger charge is 2.26.